The van der Waals surface area contributed by atoms with Gasteiger partial charge in [0, 0.05) is 28.5 Å². The second-order valence-electron chi connectivity index (χ2n) is 8.80. The van der Waals surface area contributed by atoms with Crippen molar-refractivity contribution >= 4 is 65.0 Å². The van der Waals surface area contributed by atoms with E-state index in [9.17, 15) is 0 Å². The summed E-state index contributed by atoms with van der Waals surface area (Å²) in [5.74, 6) is 0.923. The molecule has 0 saturated heterocycles. The van der Waals surface area contributed by atoms with Gasteiger partial charge in [0.2, 0.25) is 0 Å². The number of thiophene rings is 2. The first kappa shape index (κ1) is 20.0. The van der Waals surface area contributed by atoms with E-state index in [-0.39, 0.29) is 0 Å². The highest BCUT2D eigenvalue weighted by molar-refractivity contribution is 7.25. The lowest BCUT2D eigenvalue weighted by molar-refractivity contribution is 1.10. The van der Waals surface area contributed by atoms with E-state index in [1.165, 1.54) is 20.4 Å². The molecule has 0 saturated carbocycles. The molecule has 3 aromatic carbocycles. The first-order chi connectivity index (χ1) is 17.8. The quantitative estimate of drug-likeness (QED) is 0.245. The predicted molar refractivity (Wildman–Crippen MR) is 152 cm³/mol. The van der Waals surface area contributed by atoms with Crippen molar-refractivity contribution in [1.82, 2.24) is 19.1 Å². The van der Waals surface area contributed by atoms with E-state index in [1.807, 2.05) is 41.0 Å². The lowest BCUT2D eigenvalue weighted by atomic mass is 10.1. The maximum absolute atomic E-state index is 5.12. The second kappa shape index (κ2) is 7.62. The van der Waals surface area contributed by atoms with Crippen LogP contribution in [0.4, 0.5) is 0 Å². The van der Waals surface area contributed by atoms with E-state index in [2.05, 4.69) is 104 Å². The molecule has 0 unspecified atom stereocenters. The average Bonchev–Trinajstić information content (AvgIpc) is 3.70. The molecule has 5 aromatic heterocycles. The van der Waals surface area contributed by atoms with E-state index >= 15 is 0 Å². The van der Waals surface area contributed by atoms with Crippen LogP contribution in [0.3, 0.4) is 0 Å². The van der Waals surface area contributed by atoms with Crippen molar-refractivity contribution in [2.45, 2.75) is 0 Å². The zero-order valence-electron chi connectivity index (χ0n) is 19.0. The zero-order valence-corrected chi connectivity index (χ0v) is 20.6. The molecule has 8 aromatic rings. The van der Waals surface area contributed by atoms with Crippen molar-refractivity contribution in [2.24, 2.45) is 0 Å². The summed E-state index contributed by atoms with van der Waals surface area (Å²) in [6.07, 6.45) is 1.84. The minimum atomic E-state index is 0.923. The van der Waals surface area contributed by atoms with Crippen molar-refractivity contribution in [3.8, 4) is 22.8 Å². The smallest absolute Gasteiger partial charge is 0.145 e. The molecule has 0 atom stereocenters. The van der Waals surface area contributed by atoms with Crippen LogP contribution in [0.5, 0.6) is 0 Å². The van der Waals surface area contributed by atoms with Crippen molar-refractivity contribution in [2.75, 3.05) is 0 Å². The SMILES string of the molecule is c1ccc(-n2c(-c3ccc(-n4c5ccsc5c5sccc54)cc3)nc3cc4cccnc4cc32)cc1. The van der Waals surface area contributed by atoms with Gasteiger partial charge in [-0.3, -0.25) is 9.55 Å². The number of pyridine rings is 1. The van der Waals surface area contributed by atoms with E-state index in [0.29, 0.717) is 0 Å². The predicted octanol–water partition coefficient (Wildman–Crippen LogP) is 8.46. The molecule has 0 spiro atoms. The van der Waals surface area contributed by atoms with Crippen molar-refractivity contribution in [1.29, 1.82) is 0 Å². The highest BCUT2D eigenvalue weighted by Gasteiger charge is 2.17. The summed E-state index contributed by atoms with van der Waals surface area (Å²) in [6.45, 7) is 0. The lowest BCUT2D eigenvalue weighted by Crippen LogP contribution is -1.98. The van der Waals surface area contributed by atoms with Crippen LogP contribution in [0.15, 0.2) is 108 Å². The van der Waals surface area contributed by atoms with Crippen LogP contribution in [0.1, 0.15) is 0 Å². The molecule has 0 aliphatic heterocycles. The third-order valence-corrected chi connectivity index (χ3v) is 8.72. The average molecular weight is 499 g/mol. The number of benzene rings is 3. The fourth-order valence-electron chi connectivity index (χ4n) is 5.14. The molecule has 0 aliphatic rings. The molecule has 0 fully saturated rings. The van der Waals surface area contributed by atoms with E-state index in [1.54, 1.807) is 0 Å². The Kier molecular flexibility index (Phi) is 4.23. The number of para-hydroxylation sites is 1. The Morgan fingerprint density at radius 1 is 0.583 bits per heavy atom. The van der Waals surface area contributed by atoms with Gasteiger partial charge >= 0.3 is 0 Å². The van der Waals surface area contributed by atoms with Gasteiger partial charge in [-0.15, -0.1) is 22.7 Å². The maximum Gasteiger partial charge on any atom is 0.145 e. The number of hydrogen-bond acceptors (Lipinski definition) is 4. The van der Waals surface area contributed by atoms with E-state index in [0.717, 1.165) is 44.7 Å². The summed E-state index contributed by atoms with van der Waals surface area (Å²) in [5, 5.41) is 5.45. The molecular weight excluding hydrogens is 480 g/mol. The standard InChI is InChI=1S/C30H18N4S2/c1-2-6-21(7-3-1)34-27-18-23-20(5-4-14-31-23)17-24(27)32-30(34)19-8-10-22(11-9-19)33-25-12-15-35-28(25)29-26(33)13-16-36-29/h1-18H. The van der Waals surface area contributed by atoms with Gasteiger partial charge in [0.25, 0.3) is 0 Å². The first-order valence-corrected chi connectivity index (χ1v) is 13.5. The van der Waals surface area contributed by atoms with Crippen LogP contribution in [0, 0.1) is 0 Å². The molecule has 4 nitrogen and oxygen atoms in total. The van der Waals surface area contributed by atoms with Crippen molar-refractivity contribution in [3.05, 3.63) is 108 Å². The van der Waals surface area contributed by atoms with Crippen LogP contribution in [-0.2, 0) is 0 Å². The van der Waals surface area contributed by atoms with Crippen LogP contribution in [-0.4, -0.2) is 19.1 Å². The summed E-state index contributed by atoms with van der Waals surface area (Å²) in [5.41, 5.74) is 8.84. The van der Waals surface area contributed by atoms with Crippen molar-refractivity contribution in [3.63, 3.8) is 0 Å². The number of rotatable bonds is 3. The molecule has 0 radical (unpaired) electrons. The maximum atomic E-state index is 5.12. The van der Waals surface area contributed by atoms with Crippen LogP contribution in [0.25, 0.3) is 65.1 Å². The number of imidazole rings is 1. The molecule has 0 aliphatic carbocycles. The zero-order chi connectivity index (χ0) is 23.6. The van der Waals surface area contributed by atoms with Gasteiger partial charge in [0.1, 0.15) is 5.82 Å². The molecule has 6 heteroatoms. The summed E-state index contributed by atoms with van der Waals surface area (Å²) < 4.78 is 7.31. The lowest BCUT2D eigenvalue weighted by Gasteiger charge is -2.11. The Balaban J connectivity index is 1.34. The Morgan fingerprint density at radius 2 is 1.31 bits per heavy atom. The summed E-state index contributed by atoms with van der Waals surface area (Å²) in [4.78, 5) is 9.70. The molecule has 0 bridgehead atoms. The van der Waals surface area contributed by atoms with Crippen LogP contribution >= 0.6 is 22.7 Å². The second-order valence-corrected chi connectivity index (χ2v) is 10.6. The molecule has 0 N–H and O–H groups in total. The highest BCUT2D eigenvalue weighted by Crippen LogP contribution is 2.39. The topological polar surface area (TPSA) is 35.6 Å². The number of hydrogen-bond donors (Lipinski definition) is 0. The largest absolute Gasteiger partial charge is 0.307 e. The molecule has 0 amide bonds. The molecular formula is C30H18N4S2. The summed E-state index contributed by atoms with van der Waals surface area (Å²) in [6, 6.07) is 32.0. The fraction of sp³-hybridized carbons (Fsp3) is 0. The Labute approximate surface area is 214 Å². The van der Waals surface area contributed by atoms with Gasteiger partial charge in [-0.25, -0.2) is 4.98 Å². The Morgan fingerprint density at radius 3 is 2.06 bits per heavy atom. The van der Waals surface area contributed by atoms with Gasteiger partial charge in [0.05, 0.1) is 37.0 Å². The van der Waals surface area contributed by atoms with Gasteiger partial charge in [-0.05, 0) is 77.5 Å². The van der Waals surface area contributed by atoms with Crippen molar-refractivity contribution < 1.29 is 0 Å². The minimum absolute atomic E-state index is 0.923. The normalized spacial score (nSPS) is 11.9. The highest BCUT2D eigenvalue weighted by atomic mass is 32.1. The van der Waals surface area contributed by atoms with Gasteiger partial charge in [-0.1, -0.05) is 24.3 Å². The van der Waals surface area contributed by atoms with Gasteiger partial charge in [0.15, 0.2) is 0 Å². The van der Waals surface area contributed by atoms with Gasteiger partial charge < -0.3 is 4.57 Å². The third-order valence-electron chi connectivity index (χ3n) is 6.75. The number of aromatic nitrogens is 4. The van der Waals surface area contributed by atoms with Crippen LogP contribution < -0.4 is 0 Å². The van der Waals surface area contributed by atoms with E-state index < -0.39 is 0 Å². The molecule has 170 valence electrons. The third kappa shape index (κ3) is 2.86. The van der Waals surface area contributed by atoms with Gasteiger partial charge in [-0.2, -0.15) is 0 Å². The Bertz CT molecular complexity index is 1990. The minimum Gasteiger partial charge on any atom is -0.307 e. The summed E-state index contributed by atoms with van der Waals surface area (Å²) in [7, 11) is 0. The Hall–Kier alpha value is -4.26. The monoisotopic (exact) mass is 498 g/mol. The first-order valence-electron chi connectivity index (χ1n) is 11.7. The summed E-state index contributed by atoms with van der Waals surface area (Å²) >= 11 is 3.62. The van der Waals surface area contributed by atoms with Crippen LogP contribution in [0.2, 0.25) is 0 Å². The number of nitrogens with zero attached hydrogens (tertiary/aromatic N) is 4. The molecule has 8 rings (SSSR count). The van der Waals surface area contributed by atoms with E-state index in [4.69, 9.17) is 4.98 Å². The molecule has 5 heterocycles. The number of fused-ring (bicyclic) bond motifs is 5. The fourth-order valence-corrected chi connectivity index (χ4v) is 7.08. The molecule has 36 heavy (non-hydrogen) atoms.